The normalized spacial score (nSPS) is 10.1. The third-order valence-electron chi connectivity index (χ3n) is 3.11. The Morgan fingerprint density at radius 1 is 1.12 bits per heavy atom. The van der Waals surface area contributed by atoms with Crippen molar-refractivity contribution in [1.29, 1.82) is 0 Å². The van der Waals surface area contributed by atoms with Crippen LogP contribution in [0.3, 0.4) is 0 Å². The molecular weight excluding hydrogens is 308 g/mol. The molecule has 2 aromatic rings. The highest BCUT2D eigenvalue weighted by molar-refractivity contribution is 5.96. The van der Waals surface area contributed by atoms with E-state index in [1.807, 2.05) is 6.92 Å². The molecule has 2 rings (SSSR count). The summed E-state index contributed by atoms with van der Waals surface area (Å²) in [6.07, 6.45) is 3.69. The molecule has 0 unspecified atom stereocenters. The van der Waals surface area contributed by atoms with E-state index in [0.29, 0.717) is 30.2 Å². The highest BCUT2D eigenvalue weighted by Gasteiger charge is 2.13. The van der Waals surface area contributed by atoms with Crippen LogP contribution in [-0.4, -0.2) is 35.0 Å². The molecule has 7 heteroatoms. The van der Waals surface area contributed by atoms with Gasteiger partial charge in [-0.05, 0) is 25.5 Å². The van der Waals surface area contributed by atoms with Crippen LogP contribution in [0.15, 0.2) is 36.7 Å². The van der Waals surface area contributed by atoms with E-state index in [0.717, 1.165) is 6.42 Å². The van der Waals surface area contributed by atoms with Gasteiger partial charge >= 0.3 is 5.97 Å². The first-order valence-electron chi connectivity index (χ1n) is 7.79. The summed E-state index contributed by atoms with van der Waals surface area (Å²) in [5.74, 6) is -0.245. The Kier molecular flexibility index (Phi) is 6.24. The van der Waals surface area contributed by atoms with Crippen molar-refractivity contribution in [2.24, 2.45) is 0 Å². The third-order valence-corrected chi connectivity index (χ3v) is 3.11. The maximum Gasteiger partial charge on any atom is 0.340 e. The zero-order valence-corrected chi connectivity index (χ0v) is 13.7. The van der Waals surface area contributed by atoms with Gasteiger partial charge in [-0.1, -0.05) is 19.1 Å². The maximum atomic E-state index is 11.9. The first-order valence-corrected chi connectivity index (χ1v) is 7.79. The van der Waals surface area contributed by atoms with Crippen LogP contribution in [0.1, 0.15) is 41.1 Å². The molecule has 0 radical (unpaired) electrons. The summed E-state index contributed by atoms with van der Waals surface area (Å²) in [5.41, 5.74) is 1.21. The van der Waals surface area contributed by atoms with Crippen LogP contribution in [0.5, 0.6) is 0 Å². The molecule has 0 fully saturated rings. The molecule has 24 heavy (non-hydrogen) atoms. The van der Waals surface area contributed by atoms with Gasteiger partial charge in [0.25, 0.3) is 5.91 Å². The fraction of sp³-hybridized carbons (Fsp3) is 0.294. The summed E-state index contributed by atoms with van der Waals surface area (Å²) in [6, 6.07) is 6.96. The molecule has 126 valence electrons. The summed E-state index contributed by atoms with van der Waals surface area (Å²) in [4.78, 5) is 32.0. The van der Waals surface area contributed by atoms with Crippen LogP contribution >= 0.6 is 0 Å². The van der Waals surface area contributed by atoms with E-state index in [2.05, 4.69) is 20.6 Å². The summed E-state index contributed by atoms with van der Waals surface area (Å²) < 4.78 is 5.03. The van der Waals surface area contributed by atoms with E-state index in [-0.39, 0.29) is 11.6 Å². The lowest BCUT2D eigenvalue weighted by Gasteiger charge is -2.10. The van der Waals surface area contributed by atoms with E-state index < -0.39 is 5.97 Å². The Labute approximate surface area is 140 Å². The Balaban J connectivity index is 2.12. The molecule has 2 N–H and O–H groups in total. The Morgan fingerprint density at radius 2 is 1.92 bits per heavy atom. The van der Waals surface area contributed by atoms with E-state index in [9.17, 15) is 9.59 Å². The van der Waals surface area contributed by atoms with Gasteiger partial charge in [0.1, 0.15) is 11.5 Å². The van der Waals surface area contributed by atoms with Crippen LogP contribution in [0.2, 0.25) is 0 Å². The van der Waals surface area contributed by atoms with E-state index in [1.165, 1.54) is 12.4 Å². The molecular formula is C17H20N4O3. The van der Waals surface area contributed by atoms with Crippen molar-refractivity contribution in [2.75, 3.05) is 18.5 Å². The lowest BCUT2D eigenvalue weighted by atomic mass is 10.2. The van der Waals surface area contributed by atoms with Gasteiger partial charge in [-0.3, -0.25) is 4.79 Å². The molecule has 0 atom stereocenters. The van der Waals surface area contributed by atoms with E-state index in [4.69, 9.17) is 4.74 Å². The number of anilines is 2. The highest BCUT2D eigenvalue weighted by atomic mass is 16.5. The number of hydrogen-bond acceptors (Lipinski definition) is 6. The summed E-state index contributed by atoms with van der Waals surface area (Å²) in [5, 5.41) is 5.75. The van der Waals surface area contributed by atoms with Crippen LogP contribution in [-0.2, 0) is 4.74 Å². The molecule has 0 spiro atoms. The smallest absolute Gasteiger partial charge is 0.340 e. The van der Waals surface area contributed by atoms with Gasteiger partial charge in [0.05, 0.1) is 30.3 Å². The number of nitrogens with zero attached hydrogens (tertiary/aromatic N) is 2. The highest BCUT2D eigenvalue weighted by Crippen LogP contribution is 2.20. The molecule has 0 saturated heterocycles. The molecule has 0 saturated carbocycles. The monoisotopic (exact) mass is 328 g/mol. The molecule has 1 aromatic carbocycles. The second kappa shape index (κ2) is 8.61. The standard InChI is InChI=1S/C17H20N4O3/c1-3-9-18-16(22)14-10-20-15(11-19-14)21-13-8-6-5-7-12(13)17(23)24-4-2/h5-8,10-11H,3-4,9H2,1-2H3,(H,18,22)(H,20,21). The average Bonchev–Trinajstić information content (AvgIpc) is 2.61. The second-order valence-electron chi connectivity index (χ2n) is 4.93. The fourth-order valence-electron chi connectivity index (χ4n) is 1.96. The molecule has 0 aliphatic carbocycles. The predicted molar refractivity (Wildman–Crippen MR) is 90.3 cm³/mol. The number of aromatic nitrogens is 2. The zero-order valence-electron chi connectivity index (χ0n) is 13.7. The molecule has 0 aliphatic rings. The number of nitrogens with one attached hydrogen (secondary N) is 2. The number of amides is 1. The number of ether oxygens (including phenoxy) is 1. The number of carbonyl (C=O) groups is 2. The number of benzene rings is 1. The SMILES string of the molecule is CCCNC(=O)c1cnc(Nc2ccccc2C(=O)OCC)cn1. The third kappa shape index (κ3) is 4.52. The number of carbonyl (C=O) groups excluding carboxylic acids is 2. The number of hydrogen-bond donors (Lipinski definition) is 2. The van der Waals surface area contributed by atoms with Crippen LogP contribution < -0.4 is 10.6 Å². The first-order chi connectivity index (χ1) is 11.7. The lowest BCUT2D eigenvalue weighted by Crippen LogP contribution is -2.25. The topological polar surface area (TPSA) is 93.2 Å². The van der Waals surface area contributed by atoms with Gasteiger partial charge in [-0.2, -0.15) is 0 Å². The average molecular weight is 328 g/mol. The summed E-state index contributed by atoms with van der Waals surface area (Å²) in [6.45, 7) is 4.61. The number of esters is 1. The molecule has 1 amide bonds. The fourth-order valence-corrected chi connectivity index (χ4v) is 1.96. The minimum absolute atomic E-state index is 0.243. The van der Waals surface area contributed by atoms with Gasteiger partial charge in [0, 0.05) is 6.54 Å². The Morgan fingerprint density at radius 3 is 2.58 bits per heavy atom. The maximum absolute atomic E-state index is 11.9. The van der Waals surface area contributed by atoms with Crippen molar-refractivity contribution in [2.45, 2.75) is 20.3 Å². The number of para-hydroxylation sites is 1. The lowest BCUT2D eigenvalue weighted by molar-refractivity contribution is 0.0527. The first kappa shape index (κ1) is 17.4. The van der Waals surface area contributed by atoms with Crippen LogP contribution in [0.4, 0.5) is 11.5 Å². The van der Waals surface area contributed by atoms with Gasteiger partial charge in [0.2, 0.25) is 0 Å². The Bertz CT molecular complexity index is 701. The molecule has 1 heterocycles. The van der Waals surface area contributed by atoms with Gasteiger partial charge < -0.3 is 15.4 Å². The minimum Gasteiger partial charge on any atom is -0.462 e. The predicted octanol–water partition coefficient (Wildman–Crippen LogP) is 2.54. The van der Waals surface area contributed by atoms with Crippen molar-refractivity contribution in [3.8, 4) is 0 Å². The molecule has 0 bridgehead atoms. The summed E-state index contributed by atoms with van der Waals surface area (Å²) in [7, 11) is 0. The van der Waals surface area contributed by atoms with Crippen molar-refractivity contribution in [3.63, 3.8) is 0 Å². The Hall–Kier alpha value is -2.96. The molecule has 7 nitrogen and oxygen atoms in total. The van der Waals surface area contributed by atoms with Crippen LogP contribution in [0.25, 0.3) is 0 Å². The van der Waals surface area contributed by atoms with Crippen LogP contribution in [0, 0.1) is 0 Å². The molecule has 1 aromatic heterocycles. The van der Waals surface area contributed by atoms with Crippen molar-refractivity contribution in [3.05, 3.63) is 47.9 Å². The molecule has 0 aliphatic heterocycles. The van der Waals surface area contributed by atoms with Crippen molar-refractivity contribution < 1.29 is 14.3 Å². The van der Waals surface area contributed by atoms with Gasteiger partial charge in [-0.15, -0.1) is 0 Å². The van der Waals surface area contributed by atoms with Crippen molar-refractivity contribution in [1.82, 2.24) is 15.3 Å². The van der Waals surface area contributed by atoms with E-state index >= 15 is 0 Å². The minimum atomic E-state index is -0.413. The van der Waals surface area contributed by atoms with Gasteiger partial charge in [-0.25, -0.2) is 14.8 Å². The zero-order chi connectivity index (χ0) is 17.4. The summed E-state index contributed by atoms with van der Waals surface area (Å²) >= 11 is 0. The number of rotatable bonds is 7. The quantitative estimate of drug-likeness (QED) is 0.759. The largest absolute Gasteiger partial charge is 0.462 e. The van der Waals surface area contributed by atoms with Crippen molar-refractivity contribution >= 4 is 23.4 Å². The second-order valence-corrected chi connectivity index (χ2v) is 4.93. The van der Waals surface area contributed by atoms with E-state index in [1.54, 1.807) is 31.2 Å². The van der Waals surface area contributed by atoms with Gasteiger partial charge in [0.15, 0.2) is 0 Å².